The second kappa shape index (κ2) is 8.21. The van der Waals surface area contributed by atoms with Gasteiger partial charge in [0.2, 0.25) is 5.91 Å². The van der Waals surface area contributed by atoms with Gasteiger partial charge in [-0.25, -0.2) is 0 Å². The van der Waals surface area contributed by atoms with Crippen molar-refractivity contribution in [2.75, 3.05) is 6.54 Å². The van der Waals surface area contributed by atoms with Crippen molar-refractivity contribution in [3.63, 3.8) is 0 Å². The molecule has 1 heterocycles. The van der Waals surface area contributed by atoms with E-state index in [0.29, 0.717) is 22.0 Å². The third-order valence-electron chi connectivity index (χ3n) is 3.23. The molecule has 1 aromatic heterocycles. The average Bonchev–Trinajstić information content (AvgIpc) is 2.53. The Morgan fingerprint density at radius 3 is 2.74 bits per heavy atom. The zero-order valence-corrected chi connectivity index (χ0v) is 13.6. The number of carbonyl (C=O) groups is 1. The standard InChI is InChI=1S/C15H16Cl2N4O2/c16-10-1-2-11(12(17)6-10)14(22)8-19-15(23)13(18)5-9-3-4-20-21-7-9/h1-4,6-7,13-14,22H,5,8,18H2,(H,19,23). The third-order valence-corrected chi connectivity index (χ3v) is 3.79. The molecule has 0 fully saturated rings. The fraction of sp³-hybridized carbons (Fsp3) is 0.267. The van der Waals surface area contributed by atoms with Crippen molar-refractivity contribution in [2.45, 2.75) is 18.6 Å². The van der Waals surface area contributed by atoms with Gasteiger partial charge in [-0.3, -0.25) is 4.79 Å². The largest absolute Gasteiger partial charge is 0.387 e. The zero-order valence-electron chi connectivity index (χ0n) is 12.1. The zero-order chi connectivity index (χ0) is 16.8. The summed E-state index contributed by atoms with van der Waals surface area (Å²) < 4.78 is 0. The van der Waals surface area contributed by atoms with Crippen LogP contribution >= 0.6 is 23.2 Å². The van der Waals surface area contributed by atoms with Crippen LogP contribution in [0.4, 0.5) is 0 Å². The Morgan fingerprint density at radius 2 is 2.09 bits per heavy atom. The molecule has 2 atom stereocenters. The summed E-state index contributed by atoms with van der Waals surface area (Å²) in [6, 6.07) is 5.76. The molecule has 0 aliphatic carbocycles. The number of amides is 1. The molecular formula is C15H16Cl2N4O2. The Morgan fingerprint density at radius 1 is 1.30 bits per heavy atom. The maximum Gasteiger partial charge on any atom is 0.237 e. The Hall–Kier alpha value is -1.73. The van der Waals surface area contributed by atoms with Crippen LogP contribution in [0.5, 0.6) is 0 Å². The minimum atomic E-state index is -0.946. The third kappa shape index (κ3) is 5.14. The fourth-order valence-corrected chi connectivity index (χ4v) is 2.53. The van der Waals surface area contributed by atoms with Gasteiger partial charge in [-0.1, -0.05) is 29.3 Å². The molecule has 0 aliphatic rings. The Bertz CT molecular complexity index is 670. The summed E-state index contributed by atoms with van der Waals surface area (Å²) >= 11 is 11.8. The van der Waals surface area contributed by atoms with E-state index < -0.39 is 12.1 Å². The van der Waals surface area contributed by atoms with Gasteiger partial charge in [0.15, 0.2) is 0 Å². The number of carbonyl (C=O) groups excluding carboxylic acids is 1. The molecule has 0 spiro atoms. The first kappa shape index (κ1) is 17.6. The summed E-state index contributed by atoms with van der Waals surface area (Å²) in [7, 11) is 0. The van der Waals surface area contributed by atoms with Crippen LogP contribution in [-0.2, 0) is 11.2 Å². The van der Waals surface area contributed by atoms with Crippen molar-refractivity contribution in [1.29, 1.82) is 0 Å². The van der Waals surface area contributed by atoms with Crippen LogP contribution in [0.1, 0.15) is 17.2 Å². The second-order valence-electron chi connectivity index (χ2n) is 4.99. The number of benzene rings is 1. The molecular weight excluding hydrogens is 339 g/mol. The highest BCUT2D eigenvalue weighted by Gasteiger charge is 2.17. The smallest absolute Gasteiger partial charge is 0.237 e. The van der Waals surface area contributed by atoms with Crippen LogP contribution in [0.2, 0.25) is 10.0 Å². The first-order valence-corrected chi connectivity index (χ1v) is 7.65. The van der Waals surface area contributed by atoms with Crippen LogP contribution in [0.3, 0.4) is 0 Å². The number of aliphatic hydroxyl groups excluding tert-OH is 1. The Balaban J connectivity index is 1.88. The Kier molecular flexibility index (Phi) is 6.29. The number of nitrogens with zero attached hydrogens (tertiary/aromatic N) is 2. The number of halogens is 2. The van der Waals surface area contributed by atoms with E-state index in [2.05, 4.69) is 15.5 Å². The molecule has 6 nitrogen and oxygen atoms in total. The number of hydrogen-bond donors (Lipinski definition) is 3. The van der Waals surface area contributed by atoms with Gasteiger partial charge in [-0.2, -0.15) is 10.2 Å². The van der Waals surface area contributed by atoms with E-state index in [4.69, 9.17) is 28.9 Å². The van der Waals surface area contributed by atoms with Crippen molar-refractivity contribution in [1.82, 2.24) is 15.5 Å². The predicted octanol–water partition coefficient (Wildman–Crippen LogP) is 1.50. The van der Waals surface area contributed by atoms with Crippen LogP contribution in [0.25, 0.3) is 0 Å². The molecule has 23 heavy (non-hydrogen) atoms. The van der Waals surface area contributed by atoms with Crippen molar-refractivity contribution < 1.29 is 9.90 Å². The van der Waals surface area contributed by atoms with E-state index in [1.54, 1.807) is 24.4 Å². The lowest BCUT2D eigenvalue weighted by atomic mass is 10.1. The molecule has 1 aromatic carbocycles. The molecule has 2 aromatic rings. The molecule has 0 radical (unpaired) electrons. The molecule has 2 rings (SSSR count). The SMILES string of the molecule is NC(Cc1ccnnc1)C(=O)NCC(O)c1ccc(Cl)cc1Cl. The van der Waals surface area contributed by atoms with E-state index in [1.165, 1.54) is 12.3 Å². The summed E-state index contributed by atoms with van der Waals surface area (Å²) in [5.74, 6) is -0.369. The van der Waals surface area contributed by atoms with E-state index in [0.717, 1.165) is 5.56 Å². The van der Waals surface area contributed by atoms with Crippen molar-refractivity contribution in [3.8, 4) is 0 Å². The number of aromatic nitrogens is 2. The van der Waals surface area contributed by atoms with E-state index in [1.807, 2.05) is 0 Å². The highest BCUT2D eigenvalue weighted by molar-refractivity contribution is 6.35. The number of hydrogen-bond acceptors (Lipinski definition) is 5. The van der Waals surface area contributed by atoms with Crippen molar-refractivity contribution >= 4 is 29.1 Å². The minimum absolute atomic E-state index is 0.00246. The maximum absolute atomic E-state index is 12.0. The monoisotopic (exact) mass is 354 g/mol. The molecule has 0 aliphatic heterocycles. The van der Waals surface area contributed by atoms with Crippen LogP contribution in [-0.4, -0.2) is 33.8 Å². The average molecular weight is 355 g/mol. The summed E-state index contributed by atoms with van der Waals surface area (Å²) in [5.41, 5.74) is 7.14. The van der Waals surface area contributed by atoms with Crippen LogP contribution in [0, 0.1) is 0 Å². The summed E-state index contributed by atoms with van der Waals surface area (Å²) in [4.78, 5) is 12.0. The van der Waals surface area contributed by atoms with Gasteiger partial charge in [0, 0.05) is 28.4 Å². The van der Waals surface area contributed by atoms with Gasteiger partial charge in [0.25, 0.3) is 0 Å². The summed E-state index contributed by atoms with van der Waals surface area (Å²) in [6.07, 6.45) is 2.47. The molecule has 0 saturated heterocycles. The lowest BCUT2D eigenvalue weighted by Crippen LogP contribution is -2.43. The van der Waals surface area contributed by atoms with Crippen LogP contribution in [0.15, 0.2) is 36.7 Å². The number of nitrogens with one attached hydrogen (secondary N) is 1. The molecule has 4 N–H and O–H groups in total. The second-order valence-corrected chi connectivity index (χ2v) is 5.83. The molecule has 8 heteroatoms. The van der Waals surface area contributed by atoms with Gasteiger partial charge < -0.3 is 16.2 Å². The van der Waals surface area contributed by atoms with Crippen LogP contribution < -0.4 is 11.1 Å². The molecule has 0 bridgehead atoms. The van der Waals surface area contributed by atoms with Gasteiger partial charge in [-0.05, 0) is 30.2 Å². The van der Waals surface area contributed by atoms with E-state index in [9.17, 15) is 9.90 Å². The maximum atomic E-state index is 12.0. The molecule has 2 unspecified atom stereocenters. The highest BCUT2D eigenvalue weighted by Crippen LogP contribution is 2.25. The molecule has 0 saturated carbocycles. The van der Waals surface area contributed by atoms with E-state index >= 15 is 0 Å². The topological polar surface area (TPSA) is 101 Å². The molecule has 122 valence electrons. The normalized spacial score (nSPS) is 13.4. The fourth-order valence-electron chi connectivity index (χ4n) is 2.00. The number of nitrogens with two attached hydrogens (primary N) is 1. The lowest BCUT2D eigenvalue weighted by Gasteiger charge is -2.16. The Labute approximate surface area is 143 Å². The predicted molar refractivity (Wildman–Crippen MR) is 88.1 cm³/mol. The van der Waals surface area contributed by atoms with Gasteiger partial charge in [0.1, 0.15) is 0 Å². The highest BCUT2D eigenvalue weighted by atomic mass is 35.5. The van der Waals surface area contributed by atoms with E-state index in [-0.39, 0.29) is 12.5 Å². The minimum Gasteiger partial charge on any atom is -0.387 e. The van der Waals surface area contributed by atoms with Gasteiger partial charge in [0.05, 0.1) is 18.3 Å². The van der Waals surface area contributed by atoms with Crippen molar-refractivity contribution in [2.24, 2.45) is 5.73 Å². The lowest BCUT2D eigenvalue weighted by molar-refractivity contribution is -0.122. The molecule has 1 amide bonds. The number of rotatable bonds is 6. The quantitative estimate of drug-likeness (QED) is 0.729. The summed E-state index contributed by atoms with van der Waals surface area (Å²) in [6.45, 7) is 0.00246. The van der Waals surface area contributed by atoms with Crippen molar-refractivity contribution in [3.05, 3.63) is 57.8 Å². The number of aliphatic hydroxyl groups is 1. The first-order chi connectivity index (χ1) is 11.0. The summed E-state index contributed by atoms with van der Waals surface area (Å²) in [5, 5.41) is 20.9. The van der Waals surface area contributed by atoms with Gasteiger partial charge >= 0.3 is 0 Å². The first-order valence-electron chi connectivity index (χ1n) is 6.89. The van der Waals surface area contributed by atoms with Gasteiger partial charge in [-0.15, -0.1) is 0 Å².